The van der Waals surface area contributed by atoms with Crippen LogP contribution in [0, 0.1) is 0 Å². The van der Waals surface area contributed by atoms with Crippen molar-refractivity contribution >= 4 is 11.6 Å². The van der Waals surface area contributed by atoms with Gasteiger partial charge < -0.3 is 17.3 Å². The second-order valence-electron chi connectivity index (χ2n) is 2.99. The Morgan fingerprint density at radius 1 is 1.36 bits per heavy atom. The fourth-order valence-corrected chi connectivity index (χ4v) is 1.59. The molecule has 4 heteroatoms. The third kappa shape index (κ3) is 4.16. The van der Waals surface area contributed by atoms with E-state index in [9.17, 15) is 0 Å². The molecular weight excluding hydrogens is 183 g/mol. The van der Waals surface area contributed by atoms with Gasteiger partial charge in [-0.05, 0) is 7.05 Å². The summed E-state index contributed by atoms with van der Waals surface area (Å²) in [5, 5.41) is 0. The van der Waals surface area contributed by atoms with Crippen LogP contribution < -0.4 is 17.3 Å². The Morgan fingerprint density at radius 3 is 2.36 bits per heavy atom. The Hall–Kier alpha value is 0.500. The van der Waals surface area contributed by atoms with Crippen LogP contribution in [0.1, 0.15) is 0 Å². The van der Waals surface area contributed by atoms with Crippen LogP contribution in [0.5, 0.6) is 0 Å². The molecule has 1 rings (SSSR count). The minimum Gasteiger partial charge on any atom is -1.00 e. The molecular formula is C7H16Cl2N2. The number of halogens is 2. The Bertz CT molecular complexity index is 92.4. The molecule has 1 saturated heterocycles. The average Bonchev–Trinajstić information content (AvgIpc) is 1.95. The number of nitrogens with zero attached hydrogens (tertiary/aromatic N) is 1. The van der Waals surface area contributed by atoms with Crippen LogP contribution >= 0.6 is 11.6 Å². The Morgan fingerprint density at radius 2 is 1.91 bits per heavy atom. The summed E-state index contributed by atoms with van der Waals surface area (Å²) in [4.78, 5) is 4.03. The number of quaternary nitrogens is 1. The van der Waals surface area contributed by atoms with Gasteiger partial charge in [-0.3, -0.25) is 4.90 Å². The summed E-state index contributed by atoms with van der Waals surface area (Å²) in [5.41, 5.74) is 0. The summed E-state index contributed by atoms with van der Waals surface area (Å²) in [7, 11) is 2.18. The first-order valence-corrected chi connectivity index (χ1v) is 4.44. The molecule has 0 radical (unpaired) electrons. The fraction of sp³-hybridized carbons (Fsp3) is 1.00. The highest BCUT2D eigenvalue weighted by Crippen LogP contribution is 1.81. The largest absolute Gasteiger partial charge is 1.00 e. The van der Waals surface area contributed by atoms with Crippen molar-refractivity contribution in [1.82, 2.24) is 4.90 Å². The second kappa shape index (κ2) is 6.06. The lowest BCUT2D eigenvalue weighted by molar-refractivity contribution is -0.902. The molecule has 0 amide bonds. The smallest absolute Gasteiger partial charge is 0.0909 e. The van der Waals surface area contributed by atoms with Crippen molar-refractivity contribution in [3.05, 3.63) is 0 Å². The normalized spacial score (nSPS) is 21.3. The van der Waals surface area contributed by atoms with Crippen molar-refractivity contribution in [2.45, 2.75) is 0 Å². The van der Waals surface area contributed by atoms with Gasteiger partial charge in [0.1, 0.15) is 0 Å². The summed E-state index contributed by atoms with van der Waals surface area (Å²) in [6, 6.07) is 0. The number of alkyl halides is 1. The number of hydrogen-bond acceptors (Lipinski definition) is 1. The third-order valence-corrected chi connectivity index (χ3v) is 2.33. The Kier molecular flexibility index (Phi) is 6.34. The Labute approximate surface area is 79.9 Å². The van der Waals surface area contributed by atoms with Gasteiger partial charge in [-0.1, -0.05) is 0 Å². The van der Waals surface area contributed by atoms with Gasteiger partial charge in [0.15, 0.2) is 0 Å². The van der Waals surface area contributed by atoms with Gasteiger partial charge in [-0.15, -0.1) is 11.6 Å². The lowest BCUT2D eigenvalue weighted by Gasteiger charge is -2.28. The summed E-state index contributed by atoms with van der Waals surface area (Å²) in [5.74, 6) is 0.805. The predicted molar refractivity (Wildman–Crippen MR) is 43.8 cm³/mol. The van der Waals surface area contributed by atoms with Gasteiger partial charge in [0.25, 0.3) is 0 Å². The maximum absolute atomic E-state index is 5.64. The van der Waals surface area contributed by atoms with Crippen molar-refractivity contribution in [2.75, 3.05) is 45.7 Å². The van der Waals surface area contributed by atoms with Gasteiger partial charge in [-0.2, -0.15) is 0 Å². The van der Waals surface area contributed by atoms with E-state index in [2.05, 4.69) is 11.9 Å². The lowest BCUT2D eigenvalue weighted by atomic mass is 10.3. The first-order chi connectivity index (χ1) is 4.83. The molecule has 1 aliphatic heterocycles. The van der Waals surface area contributed by atoms with E-state index < -0.39 is 0 Å². The minimum atomic E-state index is 0. The number of hydrogen-bond donors (Lipinski definition) is 1. The lowest BCUT2D eigenvalue weighted by Crippen LogP contribution is -3.15. The van der Waals surface area contributed by atoms with E-state index in [1.807, 2.05) is 0 Å². The van der Waals surface area contributed by atoms with Crippen molar-refractivity contribution in [3.8, 4) is 0 Å². The van der Waals surface area contributed by atoms with Crippen molar-refractivity contribution in [3.63, 3.8) is 0 Å². The zero-order chi connectivity index (χ0) is 7.40. The second-order valence-corrected chi connectivity index (χ2v) is 3.37. The third-order valence-electron chi connectivity index (χ3n) is 2.14. The molecule has 1 N–H and O–H groups in total. The first kappa shape index (κ1) is 11.5. The van der Waals surface area contributed by atoms with Gasteiger partial charge in [0.2, 0.25) is 0 Å². The van der Waals surface area contributed by atoms with Crippen LogP contribution in [0.3, 0.4) is 0 Å². The van der Waals surface area contributed by atoms with Gasteiger partial charge in [0.05, 0.1) is 25.5 Å². The van der Waals surface area contributed by atoms with Crippen LogP contribution in [0.4, 0.5) is 0 Å². The van der Waals surface area contributed by atoms with E-state index in [0.29, 0.717) is 0 Å². The maximum Gasteiger partial charge on any atom is 0.0909 e. The van der Waals surface area contributed by atoms with E-state index in [1.165, 1.54) is 26.2 Å². The van der Waals surface area contributed by atoms with Crippen LogP contribution in [0.25, 0.3) is 0 Å². The number of piperazine rings is 1. The van der Waals surface area contributed by atoms with Crippen LogP contribution in [0.2, 0.25) is 0 Å². The quantitative estimate of drug-likeness (QED) is 0.446. The highest BCUT2D eigenvalue weighted by molar-refractivity contribution is 6.17. The molecule has 1 heterocycles. The van der Waals surface area contributed by atoms with Crippen LogP contribution in [0.15, 0.2) is 0 Å². The first-order valence-electron chi connectivity index (χ1n) is 3.91. The van der Waals surface area contributed by atoms with Crippen LogP contribution in [-0.2, 0) is 0 Å². The van der Waals surface area contributed by atoms with E-state index in [4.69, 9.17) is 11.6 Å². The fourth-order valence-electron chi connectivity index (χ4n) is 1.32. The molecule has 2 nitrogen and oxygen atoms in total. The molecule has 0 aromatic heterocycles. The predicted octanol–water partition coefficient (Wildman–Crippen LogP) is -3.94. The molecule has 68 valence electrons. The van der Waals surface area contributed by atoms with E-state index in [0.717, 1.165) is 12.4 Å². The topological polar surface area (TPSA) is 7.68 Å². The highest BCUT2D eigenvalue weighted by Gasteiger charge is 2.15. The molecule has 0 aromatic rings. The zero-order valence-electron chi connectivity index (χ0n) is 6.95. The van der Waals surface area contributed by atoms with E-state index in [-0.39, 0.29) is 12.4 Å². The standard InChI is InChI=1S/C7H15ClN2.ClH/c1-9-4-6-10(3-2-8)7-5-9;/h2-7H2,1H3;1H. The molecule has 0 saturated carbocycles. The van der Waals surface area contributed by atoms with Crippen molar-refractivity contribution in [1.29, 1.82) is 0 Å². The molecule has 0 unspecified atom stereocenters. The molecule has 0 aromatic carbocycles. The molecule has 0 atom stereocenters. The average molecular weight is 199 g/mol. The van der Waals surface area contributed by atoms with Gasteiger partial charge in [-0.25, -0.2) is 0 Å². The van der Waals surface area contributed by atoms with Crippen molar-refractivity contribution in [2.24, 2.45) is 0 Å². The molecule has 11 heavy (non-hydrogen) atoms. The van der Waals surface area contributed by atoms with Crippen molar-refractivity contribution < 1.29 is 17.3 Å². The van der Waals surface area contributed by atoms with E-state index >= 15 is 0 Å². The highest BCUT2D eigenvalue weighted by atomic mass is 35.5. The minimum absolute atomic E-state index is 0. The van der Waals surface area contributed by atoms with Gasteiger partial charge in [0, 0.05) is 13.1 Å². The molecule has 1 aliphatic rings. The summed E-state index contributed by atoms with van der Waals surface area (Å²) in [6.07, 6.45) is 0. The van der Waals surface area contributed by atoms with Crippen LogP contribution in [-0.4, -0.2) is 50.6 Å². The van der Waals surface area contributed by atoms with Gasteiger partial charge >= 0.3 is 0 Å². The monoisotopic (exact) mass is 198 g/mol. The zero-order valence-corrected chi connectivity index (χ0v) is 8.46. The SMILES string of the molecule is CN1CC[NH+](CCCl)CC1.[Cl-]. The summed E-state index contributed by atoms with van der Waals surface area (Å²) >= 11 is 5.64. The number of nitrogens with one attached hydrogen (secondary N) is 1. The maximum atomic E-state index is 5.64. The molecule has 0 bridgehead atoms. The molecule has 1 fully saturated rings. The Balaban J connectivity index is 0.000001000. The molecule has 0 aliphatic carbocycles. The van der Waals surface area contributed by atoms with E-state index in [1.54, 1.807) is 4.90 Å². The summed E-state index contributed by atoms with van der Waals surface area (Å²) in [6.45, 7) is 6.13. The number of likely N-dealkylation sites (N-methyl/N-ethyl adjacent to an activating group) is 1. The molecule has 0 spiro atoms. The number of rotatable bonds is 2. The summed E-state index contributed by atoms with van der Waals surface area (Å²) < 4.78 is 0.